The molecule has 4 nitrogen and oxygen atoms in total. The molecular weight excluding hydrogens is 343 g/mol. The summed E-state index contributed by atoms with van der Waals surface area (Å²) in [7, 11) is 0. The minimum atomic E-state index is -0.277. The highest BCUT2D eigenvalue weighted by molar-refractivity contribution is 14.1. The van der Waals surface area contributed by atoms with Gasteiger partial charge in [-0.25, -0.2) is 0 Å². The first kappa shape index (κ1) is 13.9. The van der Waals surface area contributed by atoms with E-state index in [2.05, 4.69) is 27.5 Å². The molecule has 100 valence electrons. The van der Waals surface area contributed by atoms with E-state index in [1.807, 2.05) is 32.0 Å². The molecule has 0 aromatic heterocycles. The van der Waals surface area contributed by atoms with Crippen molar-refractivity contribution >= 4 is 34.0 Å². The third kappa shape index (κ3) is 3.07. The molecule has 1 aromatic carbocycles. The molecule has 3 N–H and O–H groups in total. The van der Waals surface area contributed by atoms with Gasteiger partial charge in [0, 0.05) is 16.7 Å². The van der Waals surface area contributed by atoms with E-state index in [9.17, 15) is 5.11 Å². The molecule has 1 heterocycles. The highest BCUT2D eigenvalue weighted by atomic mass is 127. The predicted molar refractivity (Wildman–Crippen MR) is 81.8 cm³/mol. The number of rotatable bonds is 2. The summed E-state index contributed by atoms with van der Waals surface area (Å²) in [5, 5.41) is 9.32. The number of hydrogen-bond donors (Lipinski definition) is 2. The van der Waals surface area contributed by atoms with Gasteiger partial charge in [0.1, 0.15) is 0 Å². The minimum Gasteiger partial charge on any atom is -0.397 e. The number of nitrogens with zero attached hydrogens (tertiary/aromatic N) is 1. The highest BCUT2D eigenvalue weighted by Crippen LogP contribution is 2.30. The van der Waals surface area contributed by atoms with E-state index in [-0.39, 0.29) is 18.3 Å². The van der Waals surface area contributed by atoms with Gasteiger partial charge in [0.15, 0.2) is 0 Å². The summed E-state index contributed by atoms with van der Waals surface area (Å²) in [6.45, 7) is 5.54. The zero-order chi connectivity index (χ0) is 13.3. The second-order valence-electron chi connectivity index (χ2n) is 5.27. The Bertz CT molecular complexity index is 437. The van der Waals surface area contributed by atoms with Gasteiger partial charge in [-0.3, -0.25) is 0 Å². The molecule has 0 saturated carbocycles. The van der Waals surface area contributed by atoms with Crippen molar-refractivity contribution in [3.8, 4) is 0 Å². The molecule has 0 bridgehead atoms. The quantitative estimate of drug-likeness (QED) is 0.623. The molecule has 1 atom stereocenters. The average Bonchev–Trinajstić information content (AvgIpc) is 2.26. The third-order valence-electron chi connectivity index (χ3n) is 3.02. The molecule has 18 heavy (non-hydrogen) atoms. The summed E-state index contributed by atoms with van der Waals surface area (Å²) in [4.78, 5) is 2.19. The number of aliphatic hydroxyl groups excluding tert-OH is 1. The molecule has 1 fully saturated rings. The number of aliphatic hydroxyl groups is 1. The maximum absolute atomic E-state index is 9.32. The van der Waals surface area contributed by atoms with Gasteiger partial charge < -0.3 is 20.5 Å². The van der Waals surface area contributed by atoms with E-state index in [0.29, 0.717) is 6.54 Å². The van der Waals surface area contributed by atoms with Gasteiger partial charge in [-0.2, -0.15) is 0 Å². The third-order valence-corrected chi connectivity index (χ3v) is 3.69. The molecule has 0 aliphatic carbocycles. The molecule has 0 spiro atoms. The standard InChI is InChI=1S/C13H19IN2O2/c1-13(2)8-16(6-10(7-17)18-13)12-4-3-9(14)5-11(12)15/h3-5,10,17H,6-8,15H2,1-2H3. The van der Waals surface area contributed by atoms with Gasteiger partial charge in [-0.15, -0.1) is 0 Å². The van der Waals surface area contributed by atoms with Crippen LogP contribution in [-0.4, -0.2) is 36.5 Å². The molecule has 0 amide bonds. The van der Waals surface area contributed by atoms with Crippen LogP contribution in [0.25, 0.3) is 0 Å². The maximum atomic E-state index is 9.32. The van der Waals surface area contributed by atoms with Crippen LogP contribution in [0.15, 0.2) is 18.2 Å². The molecule has 0 radical (unpaired) electrons. The molecule has 1 aliphatic heterocycles. The van der Waals surface area contributed by atoms with Crippen molar-refractivity contribution < 1.29 is 9.84 Å². The predicted octanol–water partition coefficient (Wildman–Crippen LogP) is 1.85. The number of ether oxygens (including phenoxy) is 1. The lowest BCUT2D eigenvalue weighted by atomic mass is 10.0. The lowest BCUT2D eigenvalue weighted by Gasteiger charge is -2.43. The fourth-order valence-corrected chi connectivity index (χ4v) is 2.90. The Morgan fingerprint density at radius 2 is 2.28 bits per heavy atom. The van der Waals surface area contributed by atoms with Crippen LogP contribution in [0.5, 0.6) is 0 Å². The number of nitrogens with two attached hydrogens (primary N) is 1. The Hall–Kier alpha value is -0.530. The van der Waals surface area contributed by atoms with Crippen molar-refractivity contribution in [2.75, 3.05) is 30.3 Å². The van der Waals surface area contributed by atoms with Crippen molar-refractivity contribution in [3.63, 3.8) is 0 Å². The summed E-state index contributed by atoms with van der Waals surface area (Å²) in [5.41, 5.74) is 7.59. The number of hydrogen-bond acceptors (Lipinski definition) is 4. The van der Waals surface area contributed by atoms with Gasteiger partial charge >= 0.3 is 0 Å². The van der Waals surface area contributed by atoms with Gasteiger partial charge in [0.05, 0.1) is 29.7 Å². The van der Waals surface area contributed by atoms with Gasteiger partial charge in [-0.1, -0.05) is 0 Å². The van der Waals surface area contributed by atoms with Crippen LogP contribution in [0.2, 0.25) is 0 Å². The number of halogens is 1. The summed E-state index contributed by atoms with van der Waals surface area (Å²) < 4.78 is 6.93. The summed E-state index contributed by atoms with van der Waals surface area (Å²) in [6.07, 6.45) is -0.160. The monoisotopic (exact) mass is 362 g/mol. The Morgan fingerprint density at radius 3 is 2.89 bits per heavy atom. The first-order valence-electron chi connectivity index (χ1n) is 6.00. The zero-order valence-corrected chi connectivity index (χ0v) is 12.8. The van der Waals surface area contributed by atoms with Gasteiger partial charge in [0.2, 0.25) is 0 Å². The van der Waals surface area contributed by atoms with Gasteiger partial charge in [0.25, 0.3) is 0 Å². The lowest BCUT2D eigenvalue weighted by molar-refractivity contribution is -0.100. The second-order valence-corrected chi connectivity index (χ2v) is 6.51. The fourth-order valence-electron chi connectivity index (χ4n) is 2.39. The van der Waals surface area contributed by atoms with Crippen LogP contribution in [0.3, 0.4) is 0 Å². The molecule has 5 heteroatoms. The Kier molecular flexibility index (Phi) is 4.03. The summed E-state index contributed by atoms with van der Waals surface area (Å²) in [5.74, 6) is 0. The van der Waals surface area contributed by atoms with Crippen LogP contribution in [0.4, 0.5) is 11.4 Å². The summed E-state index contributed by atoms with van der Waals surface area (Å²) in [6, 6.07) is 6.04. The van der Waals surface area contributed by atoms with Crippen molar-refractivity contribution in [1.29, 1.82) is 0 Å². The van der Waals surface area contributed by atoms with Crippen LogP contribution in [0.1, 0.15) is 13.8 Å². The summed E-state index contributed by atoms with van der Waals surface area (Å²) >= 11 is 2.25. The SMILES string of the molecule is CC1(C)CN(c2ccc(I)cc2N)CC(CO)O1. The molecule has 2 rings (SSSR count). The molecule has 1 aromatic rings. The Balaban J connectivity index is 2.26. The van der Waals surface area contributed by atoms with Crippen molar-refractivity contribution in [2.45, 2.75) is 25.6 Å². The smallest absolute Gasteiger partial charge is 0.0988 e. The van der Waals surface area contributed by atoms with Crippen LogP contribution >= 0.6 is 22.6 Å². The Labute approximate surface area is 121 Å². The van der Waals surface area contributed by atoms with E-state index in [1.165, 1.54) is 0 Å². The molecule has 1 unspecified atom stereocenters. The van der Waals surface area contributed by atoms with Crippen molar-refractivity contribution in [3.05, 3.63) is 21.8 Å². The van der Waals surface area contributed by atoms with Crippen LogP contribution < -0.4 is 10.6 Å². The van der Waals surface area contributed by atoms with Crippen LogP contribution in [-0.2, 0) is 4.74 Å². The largest absolute Gasteiger partial charge is 0.397 e. The lowest BCUT2D eigenvalue weighted by Crippen LogP contribution is -2.54. The molecule has 1 aliphatic rings. The first-order valence-corrected chi connectivity index (χ1v) is 7.08. The maximum Gasteiger partial charge on any atom is 0.0988 e. The average molecular weight is 362 g/mol. The molecule has 1 saturated heterocycles. The van der Waals surface area contributed by atoms with E-state index < -0.39 is 0 Å². The van der Waals surface area contributed by atoms with Gasteiger partial charge in [-0.05, 0) is 54.6 Å². The number of anilines is 2. The van der Waals surface area contributed by atoms with Crippen molar-refractivity contribution in [2.24, 2.45) is 0 Å². The van der Waals surface area contributed by atoms with E-state index in [1.54, 1.807) is 0 Å². The van der Waals surface area contributed by atoms with Crippen molar-refractivity contribution in [1.82, 2.24) is 0 Å². The number of morpholine rings is 1. The topological polar surface area (TPSA) is 58.7 Å². The minimum absolute atomic E-state index is 0.0319. The second kappa shape index (κ2) is 5.22. The first-order chi connectivity index (χ1) is 8.41. The van der Waals surface area contributed by atoms with E-state index >= 15 is 0 Å². The van der Waals surface area contributed by atoms with E-state index in [4.69, 9.17) is 10.5 Å². The highest BCUT2D eigenvalue weighted by Gasteiger charge is 2.33. The normalized spacial score (nSPS) is 23.1. The zero-order valence-electron chi connectivity index (χ0n) is 10.7. The molecular formula is C13H19IN2O2. The number of benzene rings is 1. The van der Waals surface area contributed by atoms with E-state index in [0.717, 1.165) is 21.5 Å². The fraction of sp³-hybridized carbons (Fsp3) is 0.538. The van der Waals surface area contributed by atoms with Crippen LogP contribution in [0, 0.1) is 3.57 Å². The Morgan fingerprint density at radius 1 is 1.56 bits per heavy atom. The number of nitrogen functional groups attached to an aromatic ring is 1.